The molecule has 1 heterocycles. The first-order valence-corrected chi connectivity index (χ1v) is 6.77. The number of anilines is 1. The molecule has 0 fully saturated rings. The maximum atomic E-state index is 12.0. The molecule has 5 nitrogen and oxygen atoms in total. The molecule has 0 aliphatic rings. The van der Waals surface area contributed by atoms with Crippen LogP contribution in [0.2, 0.25) is 0 Å². The Hall–Kier alpha value is -2.56. The number of carbonyl (C=O) groups is 1. The summed E-state index contributed by atoms with van der Waals surface area (Å²) < 4.78 is 6.38. The zero-order valence-electron chi connectivity index (χ0n) is 12.1. The molecule has 1 N–H and O–H groups in total. The van der Waals surface area contributed by atoms with E-state index in [4.69, 9.17) is 4.74 Å². The first-order valence-electron chi connectivity index (χ1n) is 6.77. The van der Waals surface area contributed by atoms with Crippen molar-refractivity contribution < 1.29 is 9.53 Å². The molecule has 0 aliphatic carbocycles. The van der Waals surface area contributed by atoms with E-state index in [0.29, 0.717) is 24.4 Å². The molecule has 1 aromatic heterocycles. The number of carbonyl (C=O) groups excluding carboxylic acids is 1. The molecule has 0 saturated heterocycles. The molecule has 0 amide bonds. The number of hydrogen-bond donors (Lipinski definition) is 1. The van der Waals surface area contributed by atoms with Gasteiger partial charge in [-0.1, -0.05) is 30.3 Å². The van der Waals surface area contributed by atoms with Crippen LogP contribution in [0.25, 0.3) is 0 Å². The van der Waals surface area contributed by atoms with Crippen LogP contribution < -0.4 is 10.9 Å². The standard InChI is InChI=1S/C16H18N2O3/c1-3-21-16(20)13-11-18(2)15(19)9-14(13)17-10-12-7-5-4-6-8-12/h4-9,11,17H,3,10H2,1-2H3. The normalized spacial score (nSPS) is 10.2. The fraction of sp³-hybridized carbons (Fsp3) is 0.250. The van der Waals surface area contributed by atoms with Crippen LogP contribution in [0.4, 0.5) is 5.69 Å². The Bertz CT molecular complexity index is 678. The lowest BCUT2D eigenvalue weighted by Crippen LogP contribution is -2.20. The molecule has 0 aliphatic heterocycles. The average Bonchev–Trinajstić information content (AvgIpc) is 2.49. The van der Waals surface area contributed by atoms with Crippen LogP contribution in [0.3, 0.4) is 0 Å². The van der Waals surface area contributed by atoms with E-state index in [2.05, 4.69) is 5.32 Å². The van der Waals surface area contributed by atoms with Gasteiger partial charge in [0.1, 0.15) is 0 Å². The number of benzene rings is 1. The van der Waals surface area contributed by atoms with Gasteiger partial charge in [-0.25, -0.2) is 4.79 Å². The zero-order chi connectivity index (χ0) is 15.2. The van der Waals surface area contributed by atoms with Gasteiger partial charge >= 0.3 is 5.97 Å². The van der Waals surface area contributed by atoms with Gasteiger partial charge in [0.2, 0.25) is 0 Å². The quantitative estimate of drug-likeness (QED) is 0.856. The van der Waals surface area contributed by atoms with Crippen molar-refractivity contribution in [2.45, 2.75) is 13.5 Å². The Labute approximate surface area is 123 Å². The Morgan fingerprint density at radius 1 is 1.29 bits per heavy atom. The van der Waals surface area contributed by atoms with Crippen molar-refractivity contribution in [3.63, 3.8) is 0 Å². The van der Waals surface area contributed by atoms with Gasteiger partial charge in [0, 0.05) is 25.9 Å². The van der Waals surface area contributed by atoms with Crippen molar-refractivity contribution >= 4 is 11.7 Å². The third-order valence-electron chi connectivity index (χ3n) is 3.05. The highest BCUT2D eigenvalue weighted by molar-refractivity contribution is 5.95. The van der Waals surface area contributed by atoms with Crippen molar-refractivity contribution in [1.29, 1.82) is 0 Å². The molecular weight excluding hydrogens is 268 g/mol. The van der Waals surface area contributed by atoms with Gasteiger partial charge in [0.05, 0.1) is 17.9 Å². The second-order valence-corrected chi connectivity index (χ2v) is 4.61. The molecule has 0 radical (unpaired) electrons. The molecule has 2 rings (SSSR count). The molecular formula is C16H18N2O3. The van der Waals surface area contributed by atoms with Crippen LogP contribution in [-0.4, -0.2) is 17.1 Å². The van der Waals surface area contributed by atoms with Crippen LogP contribution in [0.5, 0.6) is 0 Å². The van der Waals surface area contributed by atoms with Crippen LogP contribution in [0, 0.1) is 0 Å². The molecule has 5 heteroatoms. The van der Waals surface area contributed by atoms with Crippen LogP contribution in [-0.2, 0) is 18.3 Å². The Morgan fingerprint density at radius 3 is 2.67 bits per heavy atom. The van der Waals surface area contributed by atoms with Gasteiger partial charge in [-0.3, -0.25) is 4.79 Å². The molecule has 110 valence electrons. The maximum Gasteiger partial charge on any atom is 0.341 e. The highest BCUT2D eigenvalue weighted by atomic mass is 16.5. The van der Waals surface area contributed by atoms with Gasteiger partial charge in [-0.2, -0.15) is 0 Å². The smallest absolute Gasteiger partial charge is 0.341 e. The van der Waals surface area contributed by atoms with Gasteiger partial charge < -0.3 is 14.6 Å². The van der Waals surface area contributed by atoms with E-state index >= 15 is 0 Å². The van der Waals surface area contributed by atoms with E-state index in [9.17, 15) is 9.59 Å². The van der Waals surface area contributed by atoms with Crippen LogP contribution in [0.1, 0.15) is 22.8 Å². The monoisotopic (exact) mass is 286 g/mol. The van der Waals surface area contributed by atoms with Crippen molar-refractivity contribution in [3.05, 3.63) is 64.1 Å². The van der Waals surface area contributed by atoms with Crippen molar-refractivity contribution in [3.8, 4) is 0 Å². The number of aromatic nitrogens is 1. The predicted molar refractivity (Wildman–Crippen MR) is 81.4 cm³/mol. The minimum absolute atomic E-state index is 0.182. The summed E-state index contributed by atoms with van der Waals surface area (Å²) in [5.74, 6) is -0.441. The number of ether oxygens (including phenoxy) is 1. The van der Waals surface area contributed by atoms with Gasteiger partial charge in [0.25, 0.3) is 5.56 Å². The highest BCUT2D eigenvalue weighted by Gasteiger charge is 2.14. The zero-order valence-corrected chi connectivity index (χ0v) is 12.1. The van der Waals surface area contributed by atoms with E-state index in [0.717, 1.165) is 5.56 Å². The van der Waals surface area contributed by atoms with Gasteiger partial charge in [-0.05, 0) is 12.5 Å². The minimum atomic E-state index is -0.441. The first-order chi connectivity index (χ1) is 10.1. The molecule has 0 unspecified atom stereocenters. The number of aryl methyl sites for hydroxylation is 1. The Morgan fingerprint density at radius 2 is 2.00 bits per heavy atom. The average molecular weight is 286 g/mol. The minimum Gasteiger partial charge on any atom is -0.462 e. The van der Waals surface area contributed by atoms with E-state index in [1.807, 2.05) is 30.3 Å². The summed E-state index contributed by atoms with van der Waals surface area (Å²) in [4.78, 5) is 23.7. The summed E-state index contributed by atoms with van der Waals surface area (Å²) in [7, 11) is 1.60. The Balaban J connectivity index is 2.26. The fourth-order valence-electron chi connectivity index (χ4n) is 1.94. The summed E-state index contributed by atoms with van der Waals surface area (Å²) in [5.41, 5.74) is 1.72. The third-order valence-corrected chi connectivity index (χ3v) is 3.05. The number of nitrogens with zero attached hydrogens (tertiary/aromatic N) is 1. The van der Waals surface area contributed by atoms with Gasteiger partial charge in [0.15, 0.2) is 0 Å². The summed E-state index contributed by atoms with van der Waals surface area (Å²) in [6.45, 7) is 2.57. The summed E-state index contributed by atoms with van der Waals surface area (Å²) in [5, 5.41) is 3.12. The molecule has 0 spiro atoms. The lowest BCUT2D eigenvalue weighted by Gasteiger charge is -2.12. The van der Waals surface area contributed by atoms with Crippen LogP contribution in [0.15, 0.2) is 47.4 Å². The molecule has 0 atom stereocenters. The lowest BCUT2D eigenvalue weighted by atomic mass is 10.2. The second kappa shape index (κ2) is 6.74. The van der Waals surface area contributed by atoms with E-state index in [-0.39, 0.29) is 5.56 Å². The van der Waals surface area contributed by atoms with E-state index in [1.54, 1.807) is 14.0 Å². The van der Waals surface area contributed by atoms with Gasteiger partial charge in [-0.15, -0.1) is 0 Å². The molecule has 2 aromatic rings. The van der Waals surface area contributed by atoms with E-state index < -0.39 is 5.97 Å². The fourth-order valence-corrected chi connectivity index (χ4v) is 1.94. The summed E-state index contributed by atoms with van der Waals surface area (Å²) in [6, 6.07) is 11.2. The van der Waals surface area contributed by atoms with Crippen molar-refractivity contribution in [1.82, 2.24) is 4.57 Å². The topological polar surface area (TPSA) is 60.3 Å². The molecule has 0 saturated carbocycles. The summed E-state index contributed by atoms with van der Waals surface area (Å²) in [6.07, 6.45) is 1.49. The Kier molecular flexibility index (Phi) is 4.77. The lowest BCUT2D eigenvalue weighted by molar-refractivity contribution is 0.0526. The predicted octanol–water partition coefficient (Wildman–Crippen LogP) is 2.17. The number of pyridine rings is 1. The maximum absolute atomic E-state index is 12.0. The van der Waals surface area contributed by atoms with Crippen molar-refractivity contribution in [2.75, 3.05) is 11.9 Å². The third kappa shape index (κ3) is 3.72. The SMILES string of the molecule is CCOC(=O)c1cn(C)c(=O)cc1NCc1ccccc1. The van der Waals surface area contributed by atoms with Crippen LogP contribution >= 0.6 is 0 Å². The number of hydrogen-bond acceptors (Lipinski definition) is 4. The number of esters is 1. The van der Waals surface area contributed by atoms with E-state index in [1.165, 1.54) is 16.8 Å². The first kappa shape index (κ1) is 14.8. The summed E-state index contributed by atoms with van der Waals surface area (Å²) >= 11 is 0. The molecule has 21 heavy (non-hydrogen) atoms. The number of nitrogens with one attached hydrogen (secondary N) is 1. The number of rotatable bonds is 5. The largest absolute Gasteiger partial charge is 0.462 e. The van der Waals surface area contributed by atoms with Crippen molar-refractivity contribution in [2.24, 2.45) is 7.05 Å². The highest BCUT2D eigenvalue weighted by Crippen LogP contribution is 2.15. The molecule has 1 aromatic carbocycles. The second-order valence-electron chi connectivity index (χ2n) is 4.61. The molecule has 0 bridgehead atoms.